The summed E-state index contributed by atoms with van der Waals surface area (Å²) in [5.74, 6) is -0.426. The van der Waals surface area contributed by atoms with E-state index in [9.17, 15) is 14.0 Å². The van der Waals surface area contributed by atoms with E-state index in [-0.39, 0.29) is 30.3 Å². The molecule has 2 aliphatic rings. The minimum atomic E-state index is -0.330. The normalized spacial score (nSPS) is 19.0. The van der Waals surface area contributed by atoms with Crippen molar-refractivity contribution in [3.05, 3.63) is 30.1 Å². The highest BCUT2D eigenvalue weighted by molar-refractivity contribution is 5.96. The van der Waals surface area contributed by atoms with Gasteiger partial charge in [0.15, 0.2) is 0 Å². The van der Waals surface area contributed by atoms with E-state index >= 15 is 0 Å². The number of amides is 3. The summed E-state index contributed by atoms with van der Waals surface area (Å²) in [5, 5.41) is 2.99. The molecule has 0 atom stereocenters. The van der Waals surface area contributed by atoms with Gasteiger partial charge in [0.1, 0.15) is 12.4 Å². The van der Waals surface area contributed by atoms with E-state index in [2.05, 4.69) is 5.32 Å². The number of hydrogen-bond donors (Lipinski definition) is 1. The second-order valence-corrected chi connectivity index (χ2v) is 5.88. The highest BCUT2D eigenvalue weighted by Crippen LogP contribution is 2.21. The number of nitrogens with zero attached hydrogens (tertiary/aromatic N) is 2. The van der Waals surface area contributed by atoms with Gasteiger partial charge in [0, 0.05) is 24.8 Å². The molecule has 6 heteroatoms. The molecule has 0 bridgehead atoms. The van der Waals surface area contributed by atoms with Crippen molar-refractivity contribution in [2.45, 2.75) is 31.7 Å². The van der Waals surface area contributed by atoms with Crippen LogP contribution >= 0.6 is 0 Å². The van der Waals surface area contributed by atoms with Crippen molar-refractivity contribution in [1.29, 1.82) is 0 Å². The molecule has 1 aromatic carbocycles. The Morgan fingerprint density at radius 3 is 2.55 bits per heavy atom. The molecule has 1 aliphatic carbocycles. The van der Waals surface area contributed by atoms with Gasteiger partial charge in [0.2, 0.25) is 5.91 Å². The highest BCUT2D eigenvalue weighted by atomic mass is 19.1. The van der Waals surface area contributed by atoms with Gasteiger partial charge >= 0.3 is 6.03 Å². The molecule has 0 radical (unpaired) electrons. The number of benzene rings is 1. The summed E-state index contributed by atoms with van der Waals surface area (Å²) in [7, 11) is 0. The lowest BCUT2D eigenvalue weighted by Gasteiger charge is -2.19. The molecule has 1 saturated carbocycles. The molecule has 1 heterocycles. The lowest BCUT2D eigenvalue weighted by atomic mass is 10.2. The number of carbonyl (C=O) groups excluding carboxylic acids is 2. The summed E-state index contributed by atoms with van der Waals surface area (Å²) in [6.45, 7) is 1.11. The molecule has 1 aromatic rings. The zero-order valence-corrected chi connectivity index (χ0v) is 12.4. The van der Waals surface area contributed by atoms with Crippen LogP contribution in [0.25, 0.3) is 0 Å². The third-order valence-corrected chi connectivity index (χ3v) is 4.29. The van der Waals surface area contributed by atoms with Crippen LogP contribution in [-0.2, 0) is 4.79 Å². The number of urea groups is 1. The van der Waals surface area contributed by atoms with Gasteiger partial charge < -0.3 is 10.2 Å². The van der Waals surface area contributed by atoms with Crippen molar-refractivity contribution >= 4 is 17.6 Å². The smallest absolute Gasteiger partial charge is 0.325 e. The zero-order valence-electron chi connectivity index (χ0n) is 12.4. The van der Waals surface area contributed by atoms with Crippen LogP contribution in [0.15, 0.2) is 24.3 Å². The average Bonchev–Trinajstić information content (AvgIpc) is 3.11. The molecule has 1 N–H and O–H groups in total. The predicted molar refractivity (Wildman–Crippen MR) is 81.1 cm³/mol. The molecule has 0 spiro atoms. The Balaban J connectivity index is 1.56. The fraction of sp³-hybridized carbons (Fsp3) is 0.500. The zero-order chi connectivity index (χ0) is 15.5. The van der Waals surface area contributed by atoms with Gasteiger partial charge in [-0.15, -0.1) is 0 Å². The molecule has 1 aliphatic heterocycles. The predicted octanol–water partition coefficient (Wildman–Crippen LogP) is 2.13. The first kappa shape index (κ1) is 14.8. The van der Waals surface area contributed by atoms with Crippen LogP contribution in [0, 0.1) is 5.82 Å². The van der Waals surface area contributed by atoms with Crippen LogP contribution < -0.4 is 10.2 Å². The summed E-state index contributed by atoms with van der Waals surface area (Å²) in [6.07, 6.45) is 4.38. The molecule has 118 valence electrons. The molecule has 5 nitrogen and oxygen atoms in total. The third-order valence-electron chi connectivity index (χ3n) is 4.29. The molecular weight excluding hydrogens is 285 g/mol. The molecule has 3 amide bonds. The van der Waals surface area contributed by atoms with E-state index in [0.29, 0.717) is 18.8 Å². The maximum atomic E-state index is 12.9. The van der Waals surface area contributed by atoms with Gasteiger partial charge in [0.25, 0.3) is 0 Å². The first-order chi connectivity index (χ1) is 10.6. The number of anilines is 1. The standard InChI is InChI=1S/C16H20FN3O2/c17-12-5-7-14(8-6-12)20-10-9-19(16(20)22)11-15(21)18-13-3-1-2-4-13/h5-8,13H,1-4,9-11H2,(H,18,21). The third kappa shape index (κ3) is 3.21. The van der Waals surface area contributed by atoms with Crippen LogP contribution in [0.5, 0.6) is 0 Å². The molecule has 2 fully saturated rings. The maximum Gasteiger partial charge on any atom is 0.325 e. The molecule has 0 aromatic heterocycles. The Hall–Kier alpha value is -2.11. The minimum absolute atomic E-state index is 0.0903. The van der Waals surface area contributed by atoms with Crippen LogP contribution in [0.3, 0.4) is 0 Å². The largest absolute Gasteiger partial charge is 0.352 e. The number of nitrogens with one attached hydrogen (secondary N) is 1. The fourth-order valence-corrected chi connectivity index (χ4v) is 3.11. The summed E-state index contributed by atoms with van der Waals surface area (Å²) < 4.78 is 12.9. The molecule has 1 saturated heterocycles. The average molecular weight is 305 g/mol. The summed E-state index contributed by atoms with van der Waals surface area (Å²) in [4.78, 5) is 27.5. The van der Waals surface area contributed by atoms with Crippen LogP contribution in [0.4, 0.5) is 14.9 Å². The molecule has 3 rings (SSSR count). The number of carbonyl (C=O) groups is 2. The number of hydrogen-bond acceptors (Lipinski definition) is 2. The lowest BCUT2D eigenvalue weighted by molar-refractivity contribution is -0.122. The number of halogens is 1. The Morgan fingerprint density at radius 1 is 1.18 bits per heavy atom. The summed E-state index contributed by atoms with van der Waals surface area (Å²) in [6, 6.07) is 5.88. The monoisotopic (exact) mass is 305 g/mol. The van der Waals surface area contributed by atoms with E-state index in [4.69, 9.17) is 0 Å². The van der Waals surface area contributed by atoms with E-state index in [1.807, 2.05) is 0 Å². The van der Waals surface area contributed by atoms with Crippen molar-refractivity contribution in [1.82, 2.24) is 10.2 Å². The summed E-state index contributed by atoms with van der Waals surface area (Å²) >= 11 is 0. The Kier molecular flexibility index (Phi) is 4.27. The second-order valence-electron chi connectivity index (χ2n) is 5.88. The Labute approximate surface area is 129 Å². The van der Waals surface area contributed by atoms with Crippen LogP contribution in [-0.4, -0.2) is 42.5 Å². The van der Waals surface area contributed by atoms with E-state index in [1.54, 1.807) is 17.0 Å². The van der Waals surface area contributed by atoms with E-state index < -0.39 is 0 Å². The first-order valence-corrected chi connectivity index (χ1v) is 7.75. The molecule has 0 unspecified atom stereocenters. The van der Waals surface area contributed by atoms with Gasteiger partial charge in [-0.1, -0.05) is 12.8 Å². The quantitative estimate of drug-likeness (QED) is 0.926. The number of rotatable bonds is 4. The first-order valence-electron chi connectivity index (χ1n) is 7.75. The SMILES string of the molecule is O=C(CN1CCN(c2ccc(F)cc2)C1=O)NC1CCCC1. The molecule has 22 heavy (non-hydrogen) atoms. The highest BCUT2D eigenvalue weighted by Gasteiger charge is 2.31. The van der Waals surface area contributed by atoms with Crippen LogP contribution in [0.2, 0.25) is 0 Å². The lowest BCUT2D eigenvalue weighted by Crippen LogP contribution is -2.42. The van der Waals surface area contributed by atoms with Crippen LogP contribution in [0.1, 0.15) is 25.7 Å². The van der Waals surface area contributed by atoms with Crippen molar-refractivity contribution in [3.8, 4) is 0 Å². The Morgan fingerprint density at radius 2 is 1.86 bits per heavy atom. The van der Waals surface area contributed by atoms with E-state index in [1.165, 1.54) is 17.0 Å². The van der Waals surface area contributed by atoms with Crippen molar-refractivity contribution < 1.29 is 14.0 Å². The summed E-state index contributed by atoms with van der Waals surface area (Å²) in [5.41, 5.74) is 0.658. The maximum absolute atomic E-state index is 12.9. The van der Waals surface area contributed by atoms with Gasteiger partial charge in [0.05, 0.1) is 0 Å². The van der Waals surface area contributed by atoms with E-state index in [0.717, 1.165) is 25.7 Å². The fourth-order valence-electron chi connectivity index (χ4n) is 3.11. The van der Waals surface area contributed by atoms with Gasteiger partial charge in [-0.05, 0) is 37.1 Å². The van der Waals surface area contributed by atoms with Crippen molar-refractivity contribution in [2.75, 3.05) is 24.5 Å². The Bertz CT molecular complexity index is 555. The molecular formula is C16H20FN3O2. The van der Waals surface area contributed by atoms with Gasteiger partial charge in [-0.2, -0.15) is 0 Å². The second kappa shape index (κ2) is 6.34. The topological polar surface area (TPSA) is 52.7 Å². The minimum Gasteiger partial charge on any atom is -0.352 e. The van der Waals surface area contributed by atoms with Crippen molar-refractivity contribution in [3.63, 3.8) is 0 Å². The van der Waals surface area contributed by atoms with Gasteiger partial charge in [-0.3, -0.25) is 9.69 Å². The van der Waals surface area contributed by atoms with Crippen molar-refractivity contribution in [2.24, 2.45) is 0 Å². The van der Waals surface area contributed by atoms with Gasteiger partial charge in [-0.25, -0.2) is 9.18 Å².